The third-order valence-corrected chi connectivity index (χ3v) is 4.49. The van der Waals surface area contributed by atoms with Crippen LogP contribution in [-0.4, -0.2) is 27.8 Å². The molecule has 1 aliphatic rings. The Kier molecular flexibility index (Phi) is 3.21. The molecular formula is C19H14N2O4. The number of carbonyl (C=O) groups excluding carboxylic acids is 3. The smallest absolute Gasteiger partial charge is 0.358 e. The van der Waals surface area contributed by atoms with Crippen LogP contribution in [0.2, 0.25) is 0 Å². The SMILES string of the molecule is Cc1[nH]c2c(C(=O)ON3C(=O)c4ccccc4C3=O)cccc2c1C. The van der Waals surface area contributed by atoms with E-state index in [1.165, 1.54) is 12.1 Å². The Hall–Kier alpha value is -3.41. The summed E-state index contributed by atoms with van der Waals surface area (Å²) in [5.41, 5.74) is 3.32. The zero-order chi connectivity index (χ0) is 17.7. The van der Waals surface area contributed by atoms with Gasteiger partial charge in [-0.2, -0.15) is 0 Å². The zero-order valence-electron chi connectivity index (χ0n) is 13.6. The molecule has 2 amide bonds. The van der Waals surface area contributed by atoms with Crippen LogP contribution in [0.3, 0.4) is 0 Å². The number of H-pyrrole nitrogens is 1. The quantitative estimate of drug-likeness (QED) is 0.730. The van der Waals surface area contributed by atoms with E-state index >= 15 is 0 Å². The van der Waals surface area contributed by atoms with E-state index in [4.69, 9.17) is 4.84 Å². The fraction of sp³-hybridized carbons (Fsp3) is 0.105. The second kappa shape index (κ2) is 5.31. The van der Waals surface area contributed by atoms with Crippen molar-refractivity contribution in [2.75, 3.05) is 0 Å². The fourth-order valence-corrected chi connectivity index (χ4v) is 3.03. The Morgan fingerprint density at radius 3 is 2.24 bits per heavy atom. The summed E-state index contributed by atoms with van der Waals surface area (Å²) in [5.74, 6) is -2.04. The van der Waals surface area contributed by atoms with E-state index in [1.807, 2.05) is 19.9 Å². The minimum atomic E-state index is -0.763. The summed E-state index contributed by atoms with van der Waals surface area (Å²) in [6, 6.07) is 11.6. The van der Waals surface area contributed by atoms with Crippen molar-refractivity contribution in [3.8, 4) is 0 Å². The van der Waals surface area contributed by atoms with E-state index in [0.29, 0.717) is 10.6 Å². The zero-order valence-corrected chi connectivity index (χ0v) is 13.6. The summed E-state index contributed by atoms with van der Waals surface area (Å²) in [7, 11) is 0. The molecule has 0 fully saturated rings. The lowest BCUT2D eigenvalue weighted by Gasteiger charge is -2.13. The van der Waals surface area contributed by atoms with Crippen molar-refractivity contribution in [1.82, 2.24) is 10.0 Å². The minimum absolute atomic E-state index is 0.227. The van der Waals surface area contributed by atoms with E-state index < -0.39 is 17.8 Å². The number of aryl methyl sites for hydroxylation is 2. The fourth-order valence-electron chi connectivity index (χ4n) is 3.03. The van der Waals surface area contributed by atoms with Crippen LogP contribution in [0, 0.1) is 13.8 Å². The molecule has 0 saturated heterocycles. The molecular weight excluding hydrogens is 320 g/mol. The highest BCUT2D eigenvalue weighted by Crippen LogP contribution is 2.27. The van der Waals surface area contributed by atoms with Gasteiger partial charge in [-0.1, -0.05) is 29.3 Å². The van der Waals surface area contributed by atoms with Gasteiger partial charge in [0.2, 0.25) is 0 Å². The van der Waals surface area contributed by atoms with Gasteiger partial charge in [-0.15, -0.1) is 0 Å². The lowest BCUT2D eigenvalue weighted by molar-refractivity contribution is -0.0583. The van der Waals surface area contributed by atoms with Crippen LogP contribution < -0.4 is 0 Å². The Bertz CT molecular complexity index is 1030. The number of para-hydroxylation sites is 1. The average Bonchev–Trinajstić information content (AvgIpc) is 3.04. The molecule has 1 aliphatic heterocycles. The first kappa shape index (κ1) is 15.1. The van der Waals surface area contributed by atoms with E-state index in [1.54, 1.807) is 24.3 Å². The van der Waals surface area contributed by atoms with Crippen LogP contribution >= 0.6 is 0 Å². The summed E-state index contributed by atoms with van der Waals surface area (Å²) < 4.78 is 0. The number of aromatic amines is 1. The lowest BCUT2D eigenvalue weighted by Crippen LogP contribution is -2.32. The standard InChI is InChI=1S/C19H14N2O4/c1-10-11(2)20-16-12(10)8-5-9-15(16)19(24)25-21-17(22)13-6-3-4-7-14(13)18(21)23/h3-9,20H,1-2H3. The first-order valence-corrected chi connectivity index (χ1v) is 7.77. The molecule has 2 aromatic carbocycles. The second-order valence-electron chi connectivity index (χ2n) is 5.93. The third-order valence-electron chi connectivity index (χ3n) is 4.49. The van der Waals surface area contributed by atoms with Crippen LogP contribution in [0.4, 0.5) is 0 Å². The van der Waals surface area contributed by atoms with Crippen molar-refractivity contribution < 1.29 is 19.2 Å². The predicted octanol–water partition coefficient (Wildman–Crippen LogP) is 3.15. The van der Waals surface area contributed by atoms with Crippen molar-refractivity contribution in [3.05, 3.63) is 70.4 Å². The minimum Gasteiger partial charge on any atom is -0.358 e. The number of benzene rings is 2. The van der Waals surface area contributed by atoms with Gasteiger partial charge < -0.3 is 9.82 Å². The maximum atomic E-state index is 12.6. The lowest BCUT2D eigenvalue weighted by atomic mass is 10.1. The molecule has 0 aliphatic carbocycles. The van der Waals surface area contributed by atoms with Crippen LogP contribution in [0.15, 0.2) is 42.5 Å². The summed E-state index contributed by atoms with van der Waals surface area (Å²) in [6.45, 7) is 3.86. The van der Waals surface area contributed by atoms with Gasteiger partial charge in [0, 0.05) is 11.1 Å². The highest BCUT2D eigenvalue weighted by atomic mass is 16.7. The van der Waals surface area contributed by atoms with Gasteiger partial charge >= 0.3 is 5.97 Å². The molecule has 6 heteroatoms. The highest BCUT2D eigenvalue weighted by Gasteiger charge is 2.39. The first-order chi connectivity index (χ1) is 12.0. The van der Waals surface area contributed by atoms with E-state index in [0.717, 1.165) is 16.6 Å². The molecule has 1 aromatic heterocycles. The molecule has 2 heterocycles. The van der Waals surface area contributed by atoms with Crippen LogP contribution in [-0.2, 0) is 4.84 Å². The second-order valence-corrected chi connectivity index (χ2v) is 5.93. The maximum Gasteiger partial charge on any atom is 0.366 e. The summed E-state index contributed by atoms with van der Waals surface area (Å²) in [5, 5.41) is 1.42. The highest BCUT2D eigenvalue weighted by molar-refractivity contribution is 6.21. The topological polar surface area (TPSA) is 79.5 Å². The molecule has 0 spiro atoms. The molecule has 25 heavy (non-hydrogen) atoms. The van der Waals surface area contributed by atoms with E-state index in [-0.39, 0.29) is 16.7 Å². The van der Waals surface area contributed by atoms with Crippen LogP contribution in [0.1, 0.15) is 42.3 Å². The Morgan fingerprint density at radius 1 is 0.960 bits per heavy atom. The summed E-state index contributed by atoms with van der Waals surface area (Å²) in [4.78, 5) is 45.5. The molecule has 0 saturated carbocycles. The number of nitrogens with zero attached hydrogens (tertiary/aromatic N) is 1. The number of hydroxylamine groups is 2. The van der Waals surface area contributed by atoms with Crippen LogP contribution in [0.5, 0.6) is 0 Å². The van der Waals surface area contributed by atoms with Gasteiger partial charge in [-0.05, 0) is 37.6 Å². The number of fused-ring (bicyclic) bond motifs is 2. The van der Waals surface area contributed by atoms with E-state index in [2.05, 4.69) is 4.98 Å². The Labute approximate surface area is 143 Å². The largest absolute Gasteiger partial charge is 0.366 e. The predicted molar refractivity (Wildman–Crippen MR) is 90.1 cm³/mol. The molecule has 0 unspecified atom stereocenters. The van der Waals surface area contributed by atoms with Gasteiger partial charge in [0.1, 0.15) is 0 Å². The van der Waals surface area contributed by atoms with Crippen molar-refractivity contribution in [3.63, 3.8) is 0 Å². The number of nitrogens with one attached hydrogen (secondary N) is 1. The molecule has 0 atom stereocenters. The van der Waals surface area contributed by atoms with E-state index in [9.17, 15) is 14.4 Å². The van der Waals surface area contributed by atoms with Gasteiger partial charge in [0.05, 0.1) is 22.2 Å². The van der Waals surface area contributed by atoms with Gasteiger partial charge in [-0.3, -0.25) is 9.59 Å². The van der Waals surface area contributed by atoms with Gasteiger partial charge in [0.15, 0.2) is 0 Å². The molecule has 4 rings (SSSR count). The Balaban J connectivity index is 1.69. The van der Waals surface area contributed by atoms with Crippen molar-refractivity contribution in [2.24, 2.45) is 0 Å². The number of carbonyl (C=O) groups is 3. The molecule has 0 bridgehead atoms. The molecule has 124 valence electrons. The van der Waals surface area contributed by atoms with Crippen molar-refractivity contribution in [2.45, 2.75) is 13.8 Å². The van der Waals surface area contributed by atoms with Crippen molar-refractivity contribution in [1.29, 1.82) is 0 Å². The van der Waals surface area contributed by atoms with Gasteiger partial charge in [0.25, 0.3) is 11.8 Å². The first-order valence-electron chi connectivity index (χ1n) is 7.77. The molecule has 0 radical (unpaired) electrons. The number of amides is 2. The van der Waals surface area contributed by atoms with Crippen LogP contribution in [0.25, 0.3) is 10.9 Å². The third kappa shape index (κ3) is 2.15. The molecule has 6 nitrogen and oxygen atoms in total. The summed E-state index contributed by atoms with van der Waals surface area (Å²) in [6.07, 6.45) is 0. The maximum absolute atomic E-state index is 12.6. The number of rotatable bonds is 2. The Morgan fingerprint density at radius 2 is 1.60 bits per heavy atom. The summed E-state index contributed by atoms with van der Waals surface area (Å²) >= 11 is 0. The van der Waals surface area contributed by atoms with Gasteiger partial charge in [-0.25, -0.2) is 4.79 Å². The number of hydrogen-bond acceptors (Lipinski definition) is 4. The van der Waals surface area contributed by atoms with Crippen molar-refractivity contribution >= 4 is 28.7 Å². The molecule has 1 N–H and O–H groups in total. The monoisotopic (exact) mass is 334 g/mol. The average molecular weight is 334 g/mol. The molecule has 3 aromatic rings. The number of hydrogen-bond donors (Lipinski definition) is 1. The number of imide groups is 1. The number of aromatic nitrogens is 1. The normalized spacial score (nSPS) is 13.4.